The van der Waals surface area contributed by atoms with Crippen LogP contribution >= 0.6 is 15.9 Å². The fraction of sp³-hybridized carbons (Fsp3) is 0.143. The van der Waals surface area contributed by atoms with E-state index in [4.69, 9.17) is 0 Å². The standard InChI is InChI=1S/C14H14BrNO/c1-10-6-7-14(17)11(8-10)9-16-13-5-3-2-4-12(13)15/h2-8,16-17H,9H2,1H3. The second-order valence-electron chi connectivity index (χ2n) is 3.97. The highest BCUT2D eigenvalue weighted by Crippen LogP contribution is 2.24. The number of aromatic hydroxyl groups is 1. The molecule has 2 rings (SSSR count). The number of hydrogen-bond donors (Lipinski definition) is 2. The van der Waals surface area contributed by atoms with Crippen LogP contribution in [0.15, 0.2) is 46.9 Å². The van der Waals surface area contributed by atoms with Crippen molar-refractivity contribution in [3.63, 3.8) is 0 Å². The predicted molar refractivity (Wildman–Crippen MR) is 74.3 cm³/mol. The van der Waals surface area contributed by atoms with Gasteiger partial charge in [-0.2, -0.15) is 0 Å². The molecule has 0 heterocycles. The zero-order chi connectivity index (χ0) is 12.3. The van der Waals surface area contributed by atoms with Gasteiger partial charge in [-0.1, -0.05) is 29.8 Å². The minimum Gasteiger partial charge on any atom is -0.508 e. The molecular formula is C14H14BrNO. The van der Waals surface area contributed by atoms with Gasteiger partial charge in [0.1, 0.15) is 5.75 Å². The molecule has 2 aromatic carbocycles. The van der Waals surface area contributed by atoms with Crippen molar-refractivity contribution in [2.75, 3.05) is 5.32 Å². The van der Waals surface area contributed by atoms with Gasteiger partial charge >= 0.3 is 0 Å². The van der Waals surface area contributed by atoms with E-state index in [-0.39, 0.29) is 0 Å². The molecule has 0 saturated carbocycles. The van der Waals surface area contributed by atoms with Gasteiger partial charge in [0, 0.05) is 22.3 Å². The lowest BCUT2D eigenvalue weighted by atomic mass is 10.1. The lowest BCUT2D eigenvalue weighted by Crippen LogP contribution is -2.00. The minimum atomic E-state index is 0.329. The molecule has 0 saturated heterocycles. The Balaban J connectivity index is 2.12. The SMILES string of the molecule is Cc1ccc(O)c(CNc2ccccc2Br)c1. The Morgan fingerprint density at radius 2 is 1.94 bits per heavy atom. The summed E-state index contributed by atoms with van der Waals surface area (Å²) in [4.78, 5) is 0. The quantitative estimate of drug-likeness (QED) is 0.893. The maximum atomic E-state index is 9.73. The van der Waals surface area contributed by atoms with E-state index in [0.717, 1.165) is 21.3 Å². The van der Waals surface area contributed by atoms with Crippen LogP contribution in [-0.4, -0.2) is 5.11 Å². The first-order valence-electron chi connectivity index (χ1n) is 5.44. The molecule has 2 aromatic rings. The molecule has 0 aliphatic rings. The van der Waals surface area contributed by atoms with Crippen LogP contribution < -0.4 is 5.32 Å². The Morgan fingerprint density at radius 1 is 1.18 bits per heavy atom. The number of hydrogen-bond acceptors (Lipinski definition) is 2. The first-order chi connectivity index (χ1) is 8.16. The molecule has 0 amide bonds. The molecule has 0 aliphatic carbocycles. The van der Waals surface area contributed by atoms with Crippen molar-refractivity contribution in [3.8, 4) is 5.75 Å². The van der Waals surface area contributed by atoms with Crippen molar-refractivity contribution in [2.24, 2.45) is 0 Å². The molecule has 0 fully saturated rings. The number of aryl methyl sites for hydroxylation is 1. The maximum absolute atomic E-state index is 9.73. The number of benzene rings is 2. The Bertz CT molecular complexity index is 525. The highest BCUT2D eigenvalue weighted by molar-refractivity contribution is 9.10. The van der Waals surface area contributed by atoms with Crippen molar-refractivity contribution in [2.45, 2.75) is 13.5 Å². The molecule has 2 nitrogen and oxygen atoms in total. The van der Waals surface area contributed by atoms with Crippen LogP contribution in [0, 0.1) is 6.92 Å². The van der Waals surface area contributed by atoms with Crippen LogP contribution in [0.4, 0.5) is 5.69 Å². The summed E-state index contributed by atoms with van der Waals surface area (Å²) in [6.07, 6.45) is 0. The van der Waals surface area contributed by atoms with Gasteiger partial charge in [-0.25, -0.2) is 0 Å². The summed E-state index contributed by atoms with van der Waals surface area (Å²) in [5.41, 5.74) is 3.07. The van der Waals surface area contributed by atoms with E-state index < -0.39 is 0 Å². The normalized spacial score (nSPS) is 10.2. The number of halogens is 1. The summed E-state index contributed by atoms with van der Waals surface area (Å²) in [6.45, 7) is 2.62. The van der Waals surface area contributed by atoms with Gasteiger partial charge in [-0.3, -0.25) is 0 Å². The van der Waals surface area contributed by atoms with Gasteiger partial charge < -0.3 is 10.4 Å². The van der Waals surface area contributed by atoms with E-state index in [1.807, 2.05) is 43.3 Å². The first-order valence-corrected chi connectivity index (χ1v) is 6.23. The van der Waals surface area contributed by atoms with E-state index in [2.05, 4.69) is 21.2 Å². The topological polar surface area (TPSA) is 32.3 Å². The molecule has 0 bridgehead atoms. The maximum Gasteiger partial charge on any atom is 0.120 e. The average molecular weight is 292 g/mol. The molecule has 0 radical (unpaired) electrons. The van der Waals surface area contributed by atoms with Crippen LogP contribution in [0.1, 0.15) is 11.1 Å². The number of rotatable bonds is 3. The molecule has 0 aromatic heterocycles. The molecule has 0 aliphatic heterocycles. The third-order valence-electron chi connectivity index (χ3n) is 2.58. The highest BCUT2D eigenvalue weighted by atomic mass is 79.9. The smallest absolute Gasteiger partial charge is 0.120 e. The van der Waals surface area contributed by atoms with E-state index in [0.29, 0.717) is 12.3 Å². The molecule has 3 heteroatoms. The third kappa shape index (κ3) is 3.01. The van der Waals surface area contributed by atoms with E-state index in [1.54, 1.807) is 6.07 Å². The monoisotopic (exact) mass is 291 g/mol. The lowest BCUT2D eigenvalue weighted by molar-refractivity contribution is 0.469. The van der Waals surface area contributed by atoms with Crippen LogP contribution in [-0.2, 0) is 6.54 Å². The van der Waals surface area contributed by atoms with Crippen molar-refractivity contribution >= 4 is 21.6 Å². The van der Waals surface area contributed by atoms with Crippen LogP contribution in [0.2, 0.25) is 0 Å². The van der Waals surface area contributed by atoms with E-state index in [1.165, 1.54) is 0 Å². The number of para-hydroxylation sites is 1. The van der Waals surface area contributed by atoms with Gasteiger partial charge in [0.15, 0.2) is 0 Å². The molecule has 17 heavy (non-hydrogen) atoms. The minimum absolute atomic E-state index is 0.329. The Labute approximate surface area is 109 Å². The fourth-order valence-electron chi connectivity index (χ4n) is 1.65. The summed E-state index contributed by atoms with van der Waals surface area (Å²) in [5.74, 6) is 0.329. The van der Waals surface area contributed by atoms with E-state index >= 15 is 0 Å². The van der Waals surface area contributed by atoms with Crippen LogP contribution in [0.3, 0.4) is 0 Å². The van der Waals surface area contributed by atoms with Crippen molar-refractivity contribution in [1.82, 2.24) is 0 Å². The van der Waals surface area contributed by atoms with Gasteiger partial charge in [0.25, 0.3) is 0 Å². The highest BCUT2D eigenvalue weighted by Gasteiger charge is 2.02. The largest absolute Gasteiger partial charge is 0.508 e. The van der Waals surface area contributed by atoms with Crippen molar-refractivity contribution in [3.05, 3.63) is 58.1 Å². The number of phenols is 1. The molecule has 0 spiro atoms. The predicted octanol–water partition coefficient (Wildman–Crippen LogP) is 4.08. The van der Waals surface area contributed by atoms with Crippen molar-refractivity contribution in [1.29, 1.82) is 0 Å². The van der Waals surface area contributed by atoms with Gasteiger partial charge in [0.2, 0.25) is 0 Å². The lowest BCUT2D eigenvalue weighted by Gasteiger charge is -2.10. The zero-order valence-electron chi connectivity index (χ0n) is 9.57. The molecule has 88 valence electrons. The van der Waals surface area contributed by atoms with Gasteiger partial charge in [-0.05, 0) is 41.1 Å². The van der Waals surface area contributed by atoms with Crippen LogP contribution in [0.5, 0.6) is 5.75 Å². The summed E-state index contributed by atoms with van der Waals surface area (Å²) < 4.78 is 1.02. The summed E-state index contributed by atoms with van der Waals surface area (Å²) >= 11 is 3.48. The van der Waals surface area contributed by atoms with Crippen molar-refractivity contribution < 1.29 is 5.11 Å². The molecule has 0 atom stereocenters. The third-order valence-corrected chi connectivity index (χ3v) is 3.27. The van der Waals surface area contributed by atoms with Crippen LogP contribution in [0.25, 0.3) is 0 Å². The molecular weight excluding hydrogens is 278 g/mol. The zero-order valence-corrected chi connectivity index (χ0v) is 11.2. The number of nitrogens with one attached hydrogen (secondary N) is 1. The van der Waals surface area contributed by atoms with Gasteiger partial charge in [-0.15, -0.1) is 0 Å². The number of anilines is 1. The van der Waals surface area contributed by atoms with E-state index in [9.17, 15) is 5.11 Å². The second-order valence-corrected chi connectivity index (χ2v) is 4.82. The second kappa shape index (κ2) is 5.23. The Hall–Kier alpha value is -1.48. The number of phenolic OH excluding ortho intramolecular Hbond substituents is 1. The summed E-state index contributed by atoms with van der Waals surface area (Å²) in [6, 6.07) is 13.5. The first kappa shape index (κ1) is 12.0. The molecule has 2 N–H and O–H groups in total. The summed E-state index contributed by atoms with van der Waals surface area (Å²) in [5, 5.41) is 13.0. The summed E-state index contributed by atoms with van der Waals surface area (Å²) in [7, 11) is 0. The Kier molecular flexibility index (Phi) is 3.69. The fourth-order valence-corrected chi connectivity index (χ4v) is 2.08. The molecule has 0 unspecified atom stereocenters. The van der Waals surface area contributed by atoms with Gasteiger partial charge in [0.05, 0.1) is 0 Å². The Morgan fingerprint density at radius 3 is 2.71 bits per heavy atom. The average Bonchev–Trinajstić information content (AvgIpc) is 2.32.